The average molecular weight is 302 g/mol. The SMILES string of the molecule is CC(N(C)c1nc(NN)ncc1Br)C(C)(C)C. The summed E-state index contributed by atoms with van der Waals surface area (Å²) in [4.78, 5) is 10.5. The summed E-state index contributed by atoms with van der Waals surface area (Å²) < 4.78 is 0.857. The Morgan fingerprint density at radius 3 is 2.53 bits per heavy atom. The van der Waals surface area contributed by atoms with Crippen molar-refractivity contribution in [3.8, 4) is 0 Å². The van der Waals surface area contributed by atoms with Crippen molar-refractivity contribution in [2.45, 2.75) is 33.7 Å². The minimum absolute atomic E-state index is 0.162. The molecule has 1 aromatic rings. The molecule has 0 aliphatic rings. The molecule has 1 aromatic heterocycles. The number of hydrogen-bond donors (Lipinski definition) is 2. The van der Waals surface area contributed by atoms with Crippen LogP contribution < -0.4 is 16.2 Å². The zero-order chi connectivity index (χ0) is 13.2. The van der Waals surface area contributed by atoms with Gasteiger partial charge in [0.25, 0.3) is 0 Å². The zero-order valence-corrected chi connectivity index (χ0v) is 12.5. The molecular weight excluding hydrogens is 282 g/mol. The minimum Gasteiger partial charge on any atom is -0.355 e. The number of nitrogens with two attached hydrogens (primary N) is 1. The van der Waals surface area contributed by atoms with Crippen molar-refractivity contribution >= 4 is 27.7 Å². The first kappa shape index (κ1) is 14.2. The van der Waals surface area contributed by atoms with Crippen LogP contribution in [0.1, 0.15) is 27.7 Å². The number of hydrogen-bond acceptors (Lipinski definition) is 5. The van der Waals surface area contributed by atoms with E-state index in [1.165, 1.54) is 0 Å². The molecule has 0 aliphatic carbocycles. The topological polar surface area (TPSA) is 67.1 Å². The molecular formula is C11H20BrN5. The Kier molecular flexibility index (Phi) is 4.32. The molecule has 0 saturated heterocycles. The molecule has 17 heavy (non-hydrogen) atoms. The highest BCUT2D eigenvalue weighted by Gasteiger charge is 2.26. The van der Waals surface area contributed by atoms with E-state index in [-0.39, 0.29) is 5.41 Å². The van der Waals surface area contributed by atoms with Crippen LogP contribution in [0.5, 0.6) is 0 Å². The second-order valence-corrected chi connectivity index (χ2v) is 6.02. The van der Waals surface area contributed by atoms with Crippen LogP contribution in [0.4, 0.5) is 11.8 Å². The molecule has 0 amide bonds. The van der Waals surface area contributed by atoms with Crippen LogP contribution in [0.15, 0.2) is 10.7 Å². The quantitative estimate of drug-likeness (QED) is 0.663. The lowest BCUT2D eigenvalue weighted by atomic mass is 9.87. The van der Waals surface area contributed by atoms with Gasteiger partial charge >= 0.3 is 0 Å². The first-order valence-corrected chi connectivity index (χ1v) is 6.28. The second-order valence-electron chi connectivity index (χ2n) is 5.16. The van der Waals surface area contributed by atoms with Crippen LogP contribution in [0.25, 0.3) is 0 Å². The van der Waals surface area contributed by atoms with Crippen molar-refractivity contribution < 1.29 is 0 Å². The smallest absolute Gasteiger partial charge is 0.239 e. The number of nitrogens with zero attached hydrogens (tertiary/aromatic N) is 3. The summed E-state index contributed by atoms with van der Waals surface area (Å²) in [5.74, 6) is 6.56. The Morgan fingerprint density at radius 1 is 1.47 bits per heavy atom. The Morgan fingerprint density at radius 2 is 2.06 bits per heavy atom. The van der Waals surface area contributed by atoms with E-state index in [0.717, 1.165) is 10.3 Å². The van der Waals surface area contributed by atoms with Crippen LogP contribution in [-0.2, 0) is 0 Å². The second kappa shape index (κ2) is 5.18. The van der Waals surface area contributed by atoms with Gasteiger partial charge in [-0.3, -0.25) is 5.43 Å². The molecule has 1 unspecified atom stereocenters. The monoisotopic (exact) mass is 301 g/mol. The summed E-state index contributed by atoms with van der Waals surface area (Å²) >= 11 is 3.46. The number of aromatic nitrogens is 2. The summed E-state index contributed by atoms with van der Waals surface area (Å²) in [6.45, 7) is 8.77. The third kappa shape index (κ3) is 3.29. The highest BCUT2D eigenvalue weighted by atomic mass is 79.9. The highest BCUT2D eigenvalue weighted by molar-refractivity contribution is 9.10. The number of nitrogens with one attached hydrogen (secondary N) is 1. The van der Waals surface area contributed by atoms with E-state index in [1.807, 2.05) is 7.05 Å². The van der Waals surface area contributed by atoms with Crippen LogP contribution in [0.2, 0.25) is 0 Å². The molecule has 1 atom stereocenters. The third-order valence-electron chi connectivity index (χ3n) is 3.02. The Labute approximate surface area is 111 Å². The van der Waals surface area contributed by atoms with E-state index in [1.54, 1.807) is 6.20 Å². The van der Waals surface area contributed by atoms with Gasteiger partial charge in [0.1, 0.15) is 5.82 Å². The predicted molar refractivity (Wildman–Crippen MR) is 74.9 cm³/mol. The number of halogens is 1. The molecule has 0 saturated carbocycles. The summed E-state index contributed by atoms with van der Waals surface area (Å²) in [6.07, 6.45) is 1.70. The Bertz CT molecular complexity index is 388. The molecule has 1 heterocycles. The van der Waals surface area contributed by atoms with Gasteiger partial charge in [0.05, 0.1) is 4.47 Å². The number of hydrazine groups is 1. The average Bonchev–Trinajstić information content (AvgIpc) is 2.26. The lowest BCUT2D eigenvalue weighted by molar-refractivity contribution is 0.328. The van der Waals surface area contributed by atoms with Gasteiger partial charge in [-0.1, -0.05) is 20.8 Å². The highest BCUT2D eigenvalue weighted by Crippen LogP contribution is 2.30. The van der Waals surface area contributed by atoms with Crippen molar-refractivity contribution in [1.82, 2.24) is 9.97 Å². The molecule has 6 heteroatoms. The molecule has 5 nitrogen and oxygen atoms in total. The van der Waals surface area contributed by atoms with Crippen molar-refractivity contribution in [2.24, 2.45) is 11.3 Å². The molecule has 0 spiro atoms. The Balaban J connectivity index is 3.07. The predicted octanol–water partition coefficient (Wildman–Crippen LogP) is 2.40. The first-order valence-electron chi connectivity index (χ1n) is 5.49. The van der Waals surface area contributed by atoms with Gasteiger partial charge < -0.3 is 4.90 Å². The van der Waals surface area contributed by atoms with Gasteiger partial charge in [-0.25, -0.2) is 10.8 Å². The first-order chi connectivity index (χ1) is 7.77. The molecule has 0 aromatic carbocycles. The lowest BCUT2D eigenvalue weighted by Crippen LogP contribution is -2.40. The summed E-state index contributed by atoms with van der Waals surface area (Å²) in [5, 5.41) is 0. The van der Waals surface area contributed by atoms with Crippen molar-refractivity contribution in [3.05, 3.63) is 10.7 Å². The summed E-state index contributed by atoms with van der Waals surface area (Å²) in [5.41, 5.74) is 2.62. The fourth-order valence-electron chi connectivity index (χ4n) is 1.44. The number of rotatable bonds is 3. The van der Waals surface area contributed by atoms with Crippen LogP contribution >= 0.6 is 15.9 Å². The van der Waals surface area contributed by atoms with Gasteiger partial charge in [-0.05, 0) is 28.3 Å². The standard InChI is InChI=1S/C11H20BrN5/c1-7(11(2,3)4)17(5)9-8(12)6-14-10(15-9)16-13/h6-7H,13H2,1-5H3,(H,14,15,16). The van der Waals surface area contributed by atoms with Crippen LogP contribution in [0, 0.1) is 5.41 Å². The minimum atomic E-state index is 0.162. The van der Waals surface area contributed by atoms with E-state index in [9.17, 15) is 0 Å². The van der Waals surface area contributed by atoms with Crippen LogP contribution in [-0.4, -0.2) is 23.1 Å². The van der Waals surface area contributed by atoms with E-state index in [4.69, 9.17) is 5.84 Å². The maximum Gasteiger partial charge on any atom is 0.239 e. The number of anilines is 2. The van der Waals surface area contributed by atoms with E-state index in [2.05, 4.69) is 63.9 Å². The molecule has 0 fully saturated rings. The maximum absolute atomic E-state index is 5.32. The Hall–Kier alpha value is -0.880. The van der Waals surface area contributed by atoms with Crippen molar-refractivity contribution in [2.75, 3.05) is 17.4 Å². The number of nitrogen functional groups attached to an aromatic ring is 1. The van der Waals surface area contributed by atoms with Gasteiger partial charge in [-0.2, -0.15) is 4.98 Å². The van der Waals surface area contributed by atoms with E-state index in [0.29, 0.717) is 12.0 Å². The fraction of sp³-hybridized carbons (Fsp3) is 0.636. The van der Waals surface area contributed by atoms with Crippen molar-refractivity contribution in [1.29, 1.82) is 0 Å². The molecule has 0 radical (unpaired) electrons. The zero-order valence-electron chi connectivity index (χ0n) is 11.0. The van der Waals surface area contributed by atoms with Gasteiger partial charge in [0.2, 0.25) is 5.95 Å². The van der Waals surface area contributed by atoms with Gasteiger partial charge in [0.15, 0.2) is 0 Å². The normalized spacial score (nSPS) is 13.4. The van der Waals surface area contributed by atoms with Crippen LogP contribution in [0.3, 0.4) is 0 Å². The van der Waals surface area contributed by atoms with Gasteiger partial charge in [-0.15, -0.1) is 0 Å². The molecule has 3 N–H and O–H groups in total. The van der Waals surface area contributed by atoms with E-state index >= 15 is 0 Å². The maximum atomic E-state index is 5.32. The summed E-state index contributed by atoms with van der Waals surface area (Å²) in [7, 11) is 2.02. The third-order valence-corrected chi connectivity index (χ3v) is 3.58. The molecule has 0 aliphatic heterocycles. The lowest BCUT2D eigenvalue weighted by Gasteiger charge is -2.36. The molecule has 1 rings (SSSR count). The molecule has 0 bridgehead atoms. The van der Waals surface area contributed by atoms with Crippen molar-refractivity contribution in [3.63, 3.8) is 0 Å². The fourth-order valence-corrected chi connectivity index (χ4v) is 1.91. The van der Waals surface area contributed by atoms with E-state index < -0.39 is 0 Å². The summed E-state index contributed by atoms with van der Waals surface area (Å²) in [6, 6.07) is 0.333. The van der Waals surface area contributed by atoms with Gasteiger partial charge in [0, 0.05) is 19.3 Å². The largest absolute Gasteiger partial charge is 0.355 e. The molecule has 96 valence electrons.